The molecule has 0 saturated carbocycles. The summed E-state index contributed by atoms with van der Waals surface area (Å²) < 4.78 is 13.0. The number of benzene rings is 1. The zero-order chi connectivity index (χ0) is 19.0. The first-order valence-corrected chi connectivity index (χ1v) is 8.70. The second-order valence-corrected chi connectivity index (χ2v) is 6.74. The number of H-pyrrole nitrogens is 1. The molecule has 1 saturated heterocycles. The van der Waals surface area contributed by atoms with Crippen LogP contribution in [0.4, 0.5) is 0 Å². The van der Waals surface area contributed by atoms with E-state index in [-0.39, 0.29) is 6.61 Å². The summed E-state index contributed by atoms with van der Waals surface area (Å²) >= 11 is 0. The third kappa shape index (κ3) is 3.06. The normalized spacial score (nSPS) is 32.4. The summed E-state index contributed by atoms with van der Waals surface area (Å²) in [5, 5.41) is 21.4. The van der Waals surface area contributed by atoms with E-state index in [4.69, 9.17) is 9.47 Å². The van der Waals surface area contributed by atoms with Gasteiger partial charge in [0.15, 0.2) is 6.23 Å². The predicted octanol–water partition coefficient (Wildman–Crippen LogP) is 0.0713. The van der Waals surface area contributed by atoms with Crippen molar-refractivity contribution in [3.63, 3.8) is 0 Å². The first-order chi connectivity index (χ1) is 13.0. The van der Waals surface area contributed by atoms with E-state index in [0.717, 1.165) is 10.1 Å². The Balaban J connectivity index is 1.66. The van der Waals surface area contributed by atoms with Gasteiger partial charge < -0.3 is 19.7 Å². The Hall–Kier alpha value is -2.52. The van der Waals surface area contributed by atoms with Crippen LogP contribution in [0.3, 0.4) is 0 Å². The summed E-state index contributed by atoms with van der Waals surface area (Å²) in [6, 6.07) is 10.6. The van der Waals surface area contributed by atoms with Crippen LogP contribution in [0, 0.1) is 0 Å². The van der Waals surface area contributed by atoms with Gasteiger partial charge in [0.05, 0.1) is 12.7 Å². The molecule has 0 amide bonds. The SMILES string of the molecule is O=c1ccn([C@@H]2O[C@]3(C=CC[C@@H]3O)[C@H](OCc3ccccc3)[C@H]2O)c(=O)[nH]1. The highest BCUT2D eigenvalue weighted by atomic mass is 16.6. The van der Waals surface area contributed by atoms with Crippen molar-refractivity contribution in [2.24, 2.45) is 0 Å². The number of nitrogens with one attached hydrogen (secondary N) is 1. The van der Waals surface area contributed by atoms with E-state index in [1.54, 1.807) is 12.2 Å². The molecule has 1 spiro atoms. The van der Waals surface area contributed by atoms with Crippen LogP contribution in [0.1, 0.15) is 18.2 Å². The van der Waals surface area contributed by atoms with Crippen LogP contribution >= 0.6 is 0 Å². The summed E-state index contributed by atoms with van der Waals surface area (Å²) in [5.74, 6) is 0. The van der Waals surface area contributed by atoms with Crippen molar-refractivity contribution < 1.29 is 19.7 Å². The van der Waals surface area contributed by atoms with E-state index >= 15 is 0 Å². The minimum Gasteiger partial charge on any atom is -0.389 e. The lowest BCUT2D eigenvalue weighted by Gasteiger charge is -2.32. The Bertz CT molecular complexity index is 952. The Kier molecular flexibility index (Phi) is 4.56. The maximum atomic E-state index is 12.1. The first kappa shape index (κ1) is 17.9. The fourth-order valence-electron chi connectivity index (χ4n) is 3.68. The summed E-state index contributed by atoms with van der Waals surface area (Å²) in [5.41, 5.74) is -1.62. The Labute approximate surface area is 154 Å². The van der Waals surface area contributed by atoms with Gasteiger partial charge in [-0.25, -0.2) is 4.79 Å². The number of nitrogens with zero attached hydrogens (tertiary/aromatic N) is 1. The number of hydrogen-bond donors (Lipinski definition) is 3. The number of aromatic amines is 1. The standard InChI is InChI=1S/C19H20N2O6/c22-13-7-4-9-19(13)16(26-11-12-5-2-1-3-6-12)15(24)17(27-19)21-10-8-14(23)20-18(21)25/h1-6,8-10,13,15-17,22,24H,7,11H2,(H,20,23,25)/t13-,15+,16+,17+,19-/m0/s1. The van der Waals surface area contributed by atoms with Gasteiger partial charge in [-0.15, -0.1) is 0 Å². The van der Waals surface area contributed by atoms with E-state index in [1.165, 1.54) is 12.3 Å². The minimum atomic E-state index is -1.27. The second-order valence-electron chi connectivity index (χ2n) is 6.74. The molecule has 1 aromatic carbocycles. The highest BCUT2D eigenvalue weighted by Gasteiger charge is 2.60. The first-order valence-electron chi connectivity index (χ1n) is 8.70. The third-order valence-electron chi connectivity index (χ3n) is 5.03. The Morgan fingerprint density at radius 1 is 1.22 bits per heavy atom. The van der Waals surface area contributed by atoms with E-state index in [9.17, 15) is 19.8 Å². The largest absolute Gasteiger partial charge is 0.389 e. The lowest BCUT2D eigenvalue weighted by molar-refractivity contribution is -0.141. The summed E-state index contributed by atoms with van der Waals surface area (Å²) in [6.07, 6.45) is 0.897. The van der Waals surface area contributed by atoms with E-state index in [1.807, 2.05) is 30.3 Å². The molecular formula is C19H20N2O6. The molecule has 2 aliphatic rings. The zero-order valence-electron chi connectivity index (χ0n) is 14.4. The van der Waals surface area contributed by atoms with Crippen molar-refractivity contribution in [2.45, 2.75) is 43.2 Å². The van der Waals surface area contributed by atoms with Gasteiger partial charge in [-0.1, -0.05) is 42.5 Å². The van der Waals surface area contributed by atoms with Gasteiger partial charge in [-0.3, -0.25) is 14.3 Å². The molecule has 1 fully saturated rings. The van der Waals surface area contributed by atoms with Crippen molar-refractivity contribution in [1.29, 1.82) is 0 Å². The molecule has 1 aliphatic heterocycles. The van der Waals surface area contributed by atoms with Crippen LogP contribution < -0.4 is 11.2 Å². The van der Waals surface area contributed by atoms with Crippen LogP contribution in [0.15, 0.2) is 64.3 Å². The monoisotopic (exact) mass is 372 g/mol. The van der Waals surface area contributed by atoms with Crippen molar-refractivity contribution in [3.05, 3.63) is 81.1 Å². The predicted molar refractivity (Wildman–Crippen MR) is 95.0 cm³/mol. The molecule has 3 N–H and O–H groups in total. The molecule has 2 aromatic rings. The van der Waals surface area contributed by atoms with Crippen LogP contribution in [-0.4, -0.2) is 43.7 Å². The maximum absolute atomic E-state index is 12.1. The summed E-state index contributed by atoms with van der Waals surface area (Å²) in [6.45, 7) is 0.210. The van der Waals surface area contributed by atoms with Gasteiger partial charge in [0, 0.05) is 12.3 Å². The fraction of sp³-hybridized carbons (Fsp3) is 0.368. The van der Waals surface area contributed by atoms with Crippen molar-refractivity contribution in [1.82, 2.24) is 9.55 Å². The molecule has 8 nitrogen and oxygen atoms in total. The van der Waals surface area contributed by atoms with Crippen LogP contribution in [0.2, 0.25) is 0 Å². The van der Waals surface area contributed by atoms with Gasteiger partial charge in [0.25, 0.3) is 5.56 Å². The van der Waals surface area contributed by atoms with Crippen LogP contribution in [0.25, 0.3) is 0 Å². The average Bonchev–Trinajstić information content (AvgIpc) is 3.15. The Morgan fingerprint density at radius 2 is 2.00 bits per heavy atom. The zero-order valence-corrected chi connectivity index (χ0v) is 14.4. The molecule has 1 aliphatic carbocycles. The van der Waals surface area contributed by atoms with E-state index < -0.39 is 41.4 Å². The molecule has 0 radical (unpaired) electrons. The minimum absolute atomic E-state index is 0.210. The average molecular weight is 372 g/mol. The van der Waals surface area contributed by atoms with Crippen molar-refractivity contribution in [3.8, 4) is 0 Å². The molecule has 4 rings (SSSR count). The van der Waals surface area contributed by atoms with E-state index in [0.29, 0.717) is 6.42 Å². The molecule has 27 heavy (non-hydrogen) atoms. The molecule has 0 unspecified atom stereocenters. The topological polar surface area (TPSA) is 114 Å². The van der Waals surface area contributed by atoms with Crippen LogP contribution in [0.5, 0.6) is 0 Å². The molecule has 8 heteroatoms. The number of ether oxygens (including phenoxy) is 2. The van der Waals surface area contributed by atoms with Crippen molar-refractivity contribution in [2.75, 3.05) is 0 Å². The second kappa shape index (κ2) is 6.90. The van der Waals surface area contributed by atoms with E-state index in [2.05, 4.69) is 4.98 Å². The molecule has 2 heterocycles. The number of rotatable bonds is 4. The Morgan fingerprint density at radius 3 is 2.67 bits per heavy atom. The maximum Gasteiger partial charge on any atom is 0.330 e. The summed E-state index contributed by atoms with van der Waals surface area (Å²) in [7, 11) is 0. The fourth-order valence-corrected chi connectivity index (χ4v) is 3.68. The number of aliphatic hydroxyl groups is 2. The van der Waals surface area contributed by atoms with Gasteiger partial charge >= 0.3 is 5.69 Å². The van der Waals surface area contributed by atoms with Gasteiger partial charge in [-0.2, -0.15) is 0 Å². The number of hydrogen-bond acceptors (Lipinski definition) is 6. The lowest BCUT2D eigenvalue weighted by Crippen LogP contribution is -2.50. The number of aliphatic hydroxyl groups excluding tert-OH is 2. The van der Waals surface area contributed by atoms with Crippen molar-refractivity contribution >= 4 is 0 Å². The van der Waals surface area contributed by atoms with Gasteiger partial charge in [0.2, 0.25) is 0 Å². The summed E-state index contributed by atoms with van der Waals surface area (Å²) in [4.78, 5) is 25.6. The lowest BCUT2D eigenvalue weighted by atomic mass is 9.92. The van der Waals surface area contributed by atoms with Gasteiger partial charge in [-0.05, 0) is 12.0 Å². The highest BCUT2D eigenvalue weighted by Crippen LogP contribution is 2.45. The third-order valence-corrected chi connectivity index (χ3v) is 5.03. The molecule has 0 bridgehead atoms. The molecule has 1 aromatic heterocycles. The van der Waals surface area contributed by atoms with Crippen LogP contribution in [-0.2, 0) is 16.1 Å². The van der Waals surface area contributed by atoms with Gasteiger partial charge in [0.1, 0.15) is 17.8 Å². The number of aromatic nitrogens is 2. The molecular weight excluding hydrogens is 352 g/mol. The smallest absolute Gasteiger partial charge is 0.330 e. The quantitative estimate of drug-likeness (QED) is 0.655. The molecule has 5 atom stereocenters. The molecule has 142 valence electrons. The highest BCUT2D eigenvalue weighted by molar-refractivity contribution is 5.23.